The summed E-state index contributed by atoms with van der Waals surface area (Å²) in [5.41, 5.74) is 2.06. The molecule has 0 atom stereocenters. The molecule has 1 saturated heterocycles. The molecule has 2 aromatic rings. The van der Waals surface area contributed by atoms with E-state index in [0.29, 0.717) is 12.1 Å². The van der Waals surface area contributed by atoms with Crippen LogP contribution in [-0.2, 0) is 6.54 Å². The first-order chi connectivity index (χ1) is 14.3. The Morgan fingerprint density at radius 2 is 1.62 bits per heavy atom. The van der Waals surface area contributed by atoms with E-state index in [1.807, 2.05) is 24.3 Å². The molecule has 1 heterocycles. The quantitative estimate of drug-likeness (QED) is 0.711. The number of ether oxygens (including phenoxy) is 1. The summed E-state index contributed by atoms with van der Waals surface area (Å²) in [5.74, 6) is 1.57. The summed E-state index contributed by atoms with van der Waals surface area (Å²) in [6.45, 7) is 7.64. The first-order valence-corrected chi connectivity index (χ1v) is 10.8. The van der Waals surface area contributed by atoms with E-state index >= 15 is 0 Å². The lowest BCUT2D eigenvalue weighted by molar-refractivity contribution is 0.0934. The SMILES string of the molecule is O=C(NCCN1CCN(Cc2ccccc2)CC1)c1ccc(OCC2CC2)cc1. The first-order valence-electron chi connectivity index (χ1n) is 10.8. The van der Waals surface area contributed by atoms with Crippen LogP contribution < -0.4 is 10.1 Å². The minimum atomic E-state index is -0.0125. The molecule has 154 valence electrons. The molecule has 0 bridgehead atoms. The highest BCUT2D eigenvalue weighted by molar-refractivity contribution is 5.94. The second kappa shape index (κ2) is 9.90. The summed E-state index contributed by atoms with van der Waals surface area (Å²) in [4.78, 5) is 17.3. The van der Waals surface area contributed by atoms with Gasteiger partial charge in [0, 0.05) is 51.4 Å². The van der Waals surface area contributed by atoms with Crippen LogP contribution in [0.1, 0.15) is 28.8 Å². The van der Waals surface area contributed by atoms with E-state index in [9.17, 15) is 4.79 Å². The molecular formula is C24H31N3O2. The van der Waals surface area contributed by atoms with Crippen molar-refractivity contribution in [2.24, 2.45) is 5.92 Å². The smallest absolute Gasteiger partial charge is 0.251 e. The molecule has 5 nitrogen and oxygen atoms in total. The number of hydrogen-bond acceptors (Lipinski definition) is 4. The third kappa shape index (κ3) is 6.31. The van der Waals surface area contributed by atoms with E-state index in [-0.39, 0.29) is 5.91 Å². The normalized spacial score (nSPS) is 17.8. The van der Waals surface area contributed by atoms with Gasteiger partial charge in [-0.2, -0.15) is 0 Å². The Labute approximate surface area is 173 Å². The van der Waals surface area contributed by atoms with Crippen molar-refractivity contribution in [1.82, 2.24) is 15.1 Å². The van der Waals surface area contributed by atoms with Crippen LogP contribution in [0.4, 0.5) is 0 Å². The van der Waals surface area contributed by atoms with Gasteiger partial charge in [0.05, 0.1) is 6.61 Å². The lowest BCUT2D eigenvalue weighted by atomic mass is 10.2. The van der Waals surface area contributed by atoms with Crippen molar-refractivity contribution in [2.45, 2.75) is 19.4 Å². The fourth-order valence-corrected chi connectivity index (χ4v) is 3.64. The number of hydrogen-bond donors (Lipinski definition) is 1. The Hall–Kier alpha value is -2.37. The highest BCUT2D eigenvalue weighted by atomic mass is 16.5. The molecule has 2 aliphatic rings. The van der Waals surface area contributed by atoms with Crippen molar-refractivity contribution in [3.05, 3.63) is 65.7 Å². The van der Waals surface area contributed by atoms with Gasteiger partial charge in [0.2, 0.25) is 0 Å². The Morgan fingerprint density at radius 1 is 0.931 bits per heavy atom. The Kier molecular flexibility index (Phi) is 6.80. The van der Waals surface area contributed by atoms with Crippen molar-refractivity contribution in [2.75, 3.05) is 45.9 Å². The predicted octanol–water partition coefficient (Wildman–Crippen LogP) is 3.02. The van der Waals surface area contributed by atoms with Gasteiger partial charge >= 0.3 is 0 Å². The number of carbonyl (C=O) groups is 1. The second-order valence-corrected chi connectivity index (χ2v) is 8.14. The van der Waals surface area contributed by atoms with Gasteiger partial charge in [0.25, 0.3) is 5.91 Å². The molecule has 1 amide bonds. The molecule has 29 heavy (non-hydrogen) atoms. The Morgan fingerprint density at radius 3 is 2.31 bits per heavy atom. The molecule has 0 spiro atoms. The van der Waals surface area contributed by atoms with Crippen LogP contribution in [0.25, 0.3) is 0 Å². The third-order valence-corrected chi connectivity index (χ3v) is 5.73. The minimum Gasteiger partial charge on any atom is -0.493 e. The van der Waals surface area contributed by atoms with E-state index in [0.717, 1.165) is 57.5 Å². The Balaban J connectivity index is 1.12. The predicted molar refractivity (Wildman–Crippen MR) is 115 cm³/mol. The maximum Gasteiger partial charge on any atom is 0.251 e. The topological polar surface area (TPSA) is 44.8 Å². The molecular weight excluding hydrogens is 362 g/mol. The van der Waals surface area contributed by atoms with Gasteiger partial charge in [-0.05, 0) is 48.6 Å². The van der Waals surface area contributed by atoms with E-state index in [2.05, 4.69) is 45.4 Å². The van der Waals surface area contributed by atoms with Crippen LogP contribution in [0.15, 0.2) is 54.6 Å². The Bertz CT molecular complexity index is 766. The van der Waals surface area contributed by atoms with Gasteiger partial charge in [-0.15, -0.1) is 0 Å². The molecule has 2 aromatic carbocycles. The molecule has 0 radical (unpaired) electrons. The lowest BCUT2D eigenvalue weighted by Gasteiger charge is -2.34. The molecule has 2 fully saturated rings. The summed E-state index contributed by atoms with van der Waals surface area (Å²) in [5, 5.41) is 3.04. The molecule has 1 aliphatic carbocycles. The van der Waals surface area contributed by atoms with E-state index in [1.54, 1.807) is 0 Å². The monoisotopic (exact) mass is 393 g/mol. The van der Waals surface area contributed by atoms with Crippen molar-refractivity contribution in [3.8, 4) is 5.75 Å². The van der Waals surface area contributed by atoms with Gasteiger partial charge in [0.1, 0.15) is 5.75 Å². The summed E-state index contributed by atoms with van der Waals surface area (Å²) in [6.07, 6.45) is 2.56. The van der Waals surface area contributed by atoms with Gasteiger partial charge in [0.15, 0.2) is 0 Å². The van der Waals surface area contributed by atoms with Gasteiger partial charge < -0.3 is 10.1 Å². The number of benzene rings is 2. The van der Waals surface area contributed by atoms with E-state index < -0.39 is 0 Å². The number of carbonyl (C=O) groups excluding carboxylic acids is 1. The van der Waals surface area contributed by atoms with Crippen LogP contribution in [0, 0.1) is 5.92 Å². The average Bonchev–Trinajstić information content (AvgIpc) is 3.59. The fourth-order valence-electron chi connectivity index (χ4n) is 3.64. The van der Waals surface area contributed by atoms with Crippen molar-refractivity contribution < 1.29 is 9.53 Å². The van der Waals surface area contributed by atoms with Gasteiger partial charge in [-0.25, -0.2) is 0 Å². The highest BCUT2D eigenvalue weighted by Gasteiger charge is 2.22. The van der Waals surface area contributed by atoms with Gasteiger partial charge in [-0.3, -0.25) is 14.6 Å². The molecule has 0 unspecified atom stereocenters. The summed E-state index contributed by atoms with van der Waals surface area (Å²) in [6, 6.07) is 18.1. The highest BCUT2D eigenvalue weighted by Crippen LogP contribution is 2.29. The maximum atomic E-state index is 12.4. The zero-order valence-electron chi connectivity index (χ0n) is 17.1. The standard InChI is InChI=1S/C24H31N3O2/c28-24(22-8-10-23(11-9-22)29-19-21-6-7-21)25-12-13-26-14-16-27(17-15-26)18-20-4-2-1-3-5-20/h1-5,8-11,21H,6-7,12-19H2,(H,25,28). The molecule has 1 aliphatic heterocycles. The van der Waals surface area contributed by atoms with Crippen molar-refractivity contribution in [3.63, 3.8) is 0 Å². The number of nitrogens with zero attached hydrogens (tertiary/aromatic N) is 2. The minimum absolute atomic E-state index is 0.0125. The number of nitrogens with one attached hydrogen (secondary N) is 1. The second-order valence-electron chi connectivity index (χ2n) is 8.14. The van der Waals surface area contributed by atoms with Crippen LogP contribution in [0.2, 0.25) is 0 Å². The summed E-state index contributed by atoms with van der Waals surface area (Å²) >= 11 is 0. The van der Waals surface area contributed by atoms with Crippen LogP contribution in [0.3, 0.4) is 0 Å². The zero-order chi connectivity index (χ0) is 19.9. The summed E-state index contributed by atoms with van der Waals surface area (Å²) in [7, 11) is 0. The van der Waals surface area contributed by atoms with E-state index in [4.69, 9.17) is 4.74 Å². The first kappa shape index (κ1) is 19.9. The number of rotatable bonds is 9. The average molecular weight is 394 g/mol. The molecule has 4 rings (SSSR count). The van der Waals surface area contributed by atoms with Crippen LogP contribution >= 0.6 is 0 Å². The van der Waals surface area contributed by atoms with Crippen molar-refractivity contribution >= 4 is 5.91 Å². The summed E-state index contributed by atoms with van der Waals surface area (Å²) < 4.78 is 5.73. The third-order valence-electron chi connectivity index (χ3n) is 5.73. The van der Waals surface area contributed by atoms with Crippen molar-refractivity contribution in [1.29, 1.82) is 0 Å². The fraction of sp³-hybridized carbons (Fsp3) is 0.458. The maximum absolute atomic E-state index is 12.4. The lowest BCUT2D eigenvalue weighted by Crippen LogP contribution is -2.48. The van der Waals surface area contributed by atoms with Crippen LogP contribution in [0.5, 0.6) is 5.75 Å². The molecule has 5 heteroatoms. The molecule has 0 aromatic heterocycles. The molecule has 1 saturated carbocycles. The van der Waals surface area contributed by atoms with Crippen LogP contribution in [-0.4, -0.2) is 61.6 Å². The van der Waals surface area contributed by atoms with E-state index in [1.165, 1.54) is 18.4 Å². The zero-order valence-corrected chi connectivity index (χ0v) is 17.1. The number of piperazine rings is 1. The molecule has 1 N–H and O–H groups in total. The largest absolute Gasteiger partial charge is 0.493 e. The van der Waals surface area contributed by atoms with Gasteiger partial charge in [-0.1, -0.05) is 30.3 Å². The number of amides is 1.